The number of anilines is 1. The molecular weight excluding hydrogens is 398 g/mol. The fraction of sp³-hybridized carbons (Fsp3) is 0.304. The number of rotatable bonds is 5. The van der Waals surface area contributed by atoms with Gasteiger partial charge in [0, 0.05) is 17.8 Å². The van der Waals surface area contributed by atoms with E-state index in [-0.39, 0.29) is 17.8 Å². The maximum Gasteiger partial charge on any atom is 0.338 e. The molecule has 160 valence electrons. The van der Waals surface area contributed by atoms with Gasteiger partial charge in [-0.15, -0.1) is 0 Å². The first kappa shape index (κ1) is 20.6. The van der Waals surface area contributed by atoms with Crippen LogP contribution in [0.4, 0.5) is 16.2 Å². The summed E-state index contributed by atoms with van der Waals surface area (Å²) in [6.07, 6.45) is 3.57. The molecule has 1 atom stereocenters. The van der Waals surface area contributed by atoms with E-state index in [2.05, 4.69) is 5.32 Å². The second-order valence-electron chi connectivity index (χ2n) is 7.71. The van der Waals surface area contributed by atoms with Crippen LogP contribution in [0.2, 0.25) is 0 Å². The number of carbonyl (C=O) groups is 2. The molecule has 0 bridgehead atoms. The molecule has 2 aliphatic rings. The van der Waals surface area contributed by atoms with Crippen LogP contribution < -0.4 is 10.2 Å². The van der Waals surface area contributed by atoms with E-state index in [4.69, 9.17) is 4.74 Å². The van der Waals surface area contributed by atoms with E-state index in [9.17, 15) is 19.7 Å². The van der Waals surface area contributed by atoms with Gasteiger partial charge in [-0.05, 0) is 62.4 Å². The summed E-state index contributed by atoms with van der Waals surface area (Å²) in [7, 11) is 0. The van der Waals surface area contributed by atoms with Crippen molar-refractivity contribution in [1.82, 2.24) is 5.32 Å². The van der Waals surface area contributed by atoms with E-state index in [0.29, 0.717) is 22.5 Å². The number of nitrogens with zero attached hydrogens (tertiary/aromatic N) is 2. The molecule has 4 rings (SSSR count). The zero-order valence-electron chi connectivity index (χ0n) is 17.1. The Morgan fingerprint density at radius 3 is 2.35 bits per heavy atom. The Labute approximate surface area is 179 Å². The lowest BCUT2D eigenvalue weighted by Gasteiger charge is -2.35. The van der Waals surface area contributed by atoms with Crippen LogP contribution in [0.5, 0.6) is 0 Å². The second kappa shape index (κ2) is 8.59. The third-order valence-corrected chi connectivity index (χ3v) is 5.73. The van der Waals surface area contributed by atoms with Crippen molar-refractivity contribution in [2.24, 2.45) is 0 Å². The number of nitro benzene ring substituents is 1. The normalized spacial score (nSPS) is 19.3. The number of nitro groups is 1. The molecule has 0 spiro atoms. The largest absolute Gasteiger partial charge is 0.459 e. The Morgan fingerprint density at radius 1 is 1.10 bits per heavy atom. The highest BCUT2D eigenvalue weighted by atomic mass is 16.6. The van der Waals surface area contributed by atoms with Crippen molar-refractivity contribution in [3.8, 4) is 0 Å². The molecule has 1 fully saturated rings. The summed E-state index contributed by atoms with van der Waals surface area (Å²) in [4.78, 5) is 38.2. The minimum atomic E-state index is -0.762. The van der Waals surface area contributed by atoms with E-state index in [0.717, 1.165) is 25.7 Å². The Morgan fingerprint density at radius 2 is 1.74 bits per heavy atom. The number of para-hydroxylation sites is 1. The summed E-state index contributed by atoms with van der Waals surface area (Å²) < 4.78 is 5.77. The van der Waals surface area contributed by atoms with Crippen LogP contribution in [-0.4, -0.2) is 23.0 Å². The molecule has 2 aromatic rings. The van der Waals surface area contributed by atoms with Crippen LogP contribution in [0, 0.1) is 10.1 Å². The molecule has 0 radical (unpaired) electrons. The predicted octanol–water partition coefficient (Wildman–Crippen LogP) is 4.63. The highest BCUT2D eigenvalue weighted by molar-refractivity contribution is 6.03. The van der Waals surface area contributed by atoms with E-state index in [1.54, 1.807) is 31.2 Å². The lowest BCUT2D eigenvalue weighted by molar-refractivity contribution is -0.384. The first-order valence-electron chi connectivity index (χ1n) is 10.3. The van der Waals surface area contributed by atoms with E-state index >= 15 is 0 Å². The lowest BCUT2D eigenvalue weighted by atomic mass is 9.94. The van der Waals surface area contributed by atoms with E-state index in [1.807, 2.05) is 18.2 Å². The maximum atomic E-state index is 13.2. The van der Waals surface area contributed by atoms with E-state index < -0.39 is 16.9 Å². The third kappa shape index (κ3) is 4.14. The number of ether oxygens (including phenoxy) is 1. The van der Waals surface area contributed by atoms with Crippen molar-refractivity contribution in [3.05, 3.63) is 81.5 Å². The number of amides is 2. The molecule has 1 saturated carbocycles. The zero-order chi connectivity index (χ0) is 22.0. The average molecular weight is 421 g/mol. The van der Waals surface area contributed by atoms with Gasteiger partial charge < -0.3 is 10.1 Å². The van der Waals surface area contributed by atoms with Gasteiger partial charge in [-0.1, -0.05) is 18.2 Å². The van der Waals surface area contributed by atoms with Gasteiger partial charge in [-0.25, -0.2) is 9.59 Å². The van der Waals surface area contributed by atoms with Crippen LogP contribution >= 0.6 is 0 Å². The van der Waals surface area contributed by atoms with Gasteiger partial charge in [0.1, 0.15) is 6.10 Å². The maximum absolute atomic E-state index is 13.2. The third-order valence-electron chi connectivity index (χ3n) is 5.73. The zero-order valence-corrected chi connectivity index (χ0v) is 17.1. The number of benzene rings is 2. The van der Waals surface area contributed by atoms with Gasteiger partial charge in [0.2, 0.25) is 0 Å². The highest BCUT2D eigenvalue weighted by Crippen LogP contribution is 2.35. The van der Waals surface area contributed by atoms with Gasteiger partial charge >= 0.3 is 12.0 Å². The molecule has 1 aliphatic heterocycles. The standard InChI is InChI=1S/C23H23N3O5/c1-15-20(22(27)31-19-9-5-6-10-19)21(16-11-13-18(14-12-16)26(29)30)24-23(28)25(15)17-7-3-2-4-8-17/h2-4,7-8,11-14,19,21H,5-6,9-10H2,1H3,(H,24,28). The average Bonchev–Trinajstić information content (AvgIpc) is 3.27. The topological polar surface area (TPSA) is 102 Å². The Bertz CT molecular complexity index is 1030. The minimum absolute atomic E-state index is 0.0624. The smallest absolute Gasteiger partial charge is 0.338 e. The summed E-state index contributed by atoms with van der Waals surface area (Å²) in [6, 6.07) is 13.7. The number of hydrogen-bond acceptors (Lipinski definition) is 5. The van der Waals surface area contributed by atoms with Gasteiger partial charge in [0.25, 0.3) is 5.69 Å². The molecule has 1 N–H and O–H groups in total. The Hall–Kier alpha value is -3.68. The number of urea groups is 1. The summed E-state index contributed by atoms with van der Waals surface area (Å²) in [5, 5.41) is 13.9. The molecule has 1 aliphatic carbocycles. The van der Waals surface area contributed by atoms with Crippen LogP contribution in [-0.2, 0) is 9.53 Å². The lowest BCUT2D eigenvalue weighted by Crippen LogP contribution is -2.48. The van der Waals surface area contributed by atoms with Crippen molar-refractivity contribution in [2.75, 3.05) is 4.90 Å². The predicted molar refractivity (Wildman–Crippen MR) is 114 cm³/mol. The molecule has 8 heteroatoms. The minimum Gasteiger partial charge on any atom is -0.459 e. The summed E-state index contributed by atoms with van der Waals surface area (Å²) >= 11 is 0. The van der Waals surface area contributed by atoms with Crippen molar-refractivity contribution in [2.45, 2.75) is 44.8 Å². The first-order valence-corrected chi connectivity index (χ1v) is 10.3. The molecule has 1 heterocycles. The van der Waals surface area contributed by atoms with Gasteiger partial charge in [0.05, 0.1) is 22.2 Å². The summed E-state index contributed by atoms with van der Waals surface area (Å²) in [5.41, 5.74) is 1.94. The number of carbonyl (C=O) groups excluding carboxylic acids is 2. The number of allylic oxidation sites excluding steroid dienone is 1. The second-order valence-corrected chi connectivity index (χ2v) is 7.71. The molecule has 0 aromatic heterocycles. The van der Waals surface area contributed by atoms with Crippen molar-refractivity contribution < 1.29 is 19.2 Å². The highest BCUT2D eigenvalue weighted by Gasteiger charge is 2.38. The van der Waals surface area contributed by atoms with Crippen LogP contribution in [0.15, 0.2) is 65.9 Å². The van der Waals surface area contributed by atoms with Crippen molar-refractivity contribution >= 4 is 23.4 Å². The number of hydrogen-bond donors (Lipinski definition) is 1. The monoisotopic (exact) mass is 421 g/mol. The fourth-order valence-corrected chi connectivity index (χ4v) is 4.15. The van der Waals surface area contributed by atoms with E-state index in [1.165, 1.54) is 17.0 Å². The van der Waals surface area contributed by atoms with Gasteiger partial charge in [-0.3, -0.25) is 15.0 Å². The summed E-state index contributed by atoms with van der Waals surface area (Å²) in [5.74, 6) is -0.478. The van der Waals surface area contributed by atoms with Crippen molar-refractivity contribution in [3.63, 3.8) is 0 Å². The SMILES string of the molecule is CC1=C(C(=O)OC2CCCC2)C(c2ccc([N+](=O)[O-])cc2)NC(=O)N1c1ccccc1. The quantitative estimate of drug-likeness (QED) is 0.431. The van der Waals surface area contributed by atoms with Crippen LogP contribution in [0.1, 0.15) is 44.2 Å². The molecule has 31 heavy (non-hydrogen) atoms. The molecule has 8 nitrogen and oxygen atoms in total. The fourth-order valence-electron chi connectivity index (χ4n) is 4.15. The molecule has 2 amide bonds. The van der Waals surface area contributed by atoms with Crippen LogP contribution in [0.25, 0.3) is 0 Å². The van der Waals surface area contributed by atoms with Crippen molar-refractivity contribution in [1.29, 1.82) is 0 Å². The Balaban J connectivity index is 1.75. The first-order chi connectivity index (χ1) is 15.0. The van der Waals surface area contributed by atoms with Gasteiger partial charge in [0.15, 0.2) is 0 Å². The van der Waals surface area contributed by atoms with Crippen LogP contribution in [0.3, 0.4) is 0 Å². The van der Waals surface area contributed by atoms with Gasteiger partial charge in [-0.2, -0.15) is 0 Å². The number of esters is 1. The molecule has 2 aromatic carbocycles. The molecular formula is C23H23N3O5. The summed E-state index contributed by atoms with van der Waals surface area (Å²) in [6.45, 7) is 1.72. The number of non-ortho nitro benzene ring substituents is 1. The number of nitrogens with one attached hydrogen (secondary N) is 1. The Kier molecular flexibility index (Phi) is 5.70. The molecule has 1 unspecified atom stereocenters. The molecule has 0 saturated heterocycles.